The molecule has 4 rings (SSSR count). The van der Waals surface area contributed by atoms with E-state index < -0.39 is 16.9 Å². The molecule has 0 aromatic heterocycles. The van der Waals surface area contributed by atoms with E-state index in [4.69, 9.17) is 27.8 Å². The Balaban J connectivity index is 1.75. The molecule has 1 spiro atoms. The van der Waals surface area contributed by atoms with Crippen LogP contribution in [0.2, 0.25) is 5.02 Å². The van der Waals surface area contributed by atoms with E-state index in [1.807, 2.05) is 25.1 Å². The molecule has 1 saturated carbocycles. The summed E-state index contributed by atoms with van der Waals surface area (Å²) < 4.78 is 19.3. The van der Waals surface area contributed by atoms with E-state index in [0.29, 0.717) is 42.0 Å². The van der Waals surface area contributed by atoms with Gasteiger partial charge in [0.25, 0.3) is 0 Å². The highest BCUT2D eigenvalue weighted by Gasteiger charge is 2.55. The maximum Gasteiger partial charge on any atom is 0.349 e. The zero-order valence-electron chi connectivity index (χ0n) is 17.8. The Hall–Kier alpha value is -2.08. The van der Waals surface area contributed by atoms with Crippen molar-refractivity contribution in [2.24, 2.45) is 11.8 Å². The number of carbonyl (C=O) groups excluding carboxylic acids is 1. The number of carbonyl (C=O) groups is 1. The number of anilines is 1. The molecule has 2 aromatic rings. The van der Waals surface area contributed by atoms with Crippen LogP contribution in [0.15, 0.2) is 48.5 Å². The van der Waals surface area contributed by atoms with Crippen LogP contribution in [0.1, 0.15) is 43.7 Å². The fourth-order valence-electron chi connectivity index (χ4n) is 5.46. The molecule has 0 bridgehead atoms. The van der Waals surface area contributed by atoms with E-state index in [2.05, 4.69) is 11.4 Å². The average Bonchev–Trinajstić information content (AvgIpc) is 3.16. The zero-order chi connectivity index (χ0) is 22.9. The van der Waals surface area contributed by atoms with Gasteiger partial charge in [-0.25, -0.2) is 9.18 Å². The van der Waals surface area contributed by atoms with Gasteiger partial charge in [0.05, 0.1) is 0 Å². The summed E-state index contributed by atoms with van der Waals surface area (Å²) in [5.74, 6) is -0.854. The molecule has 2 N–H and O–H groups in total. The summed E-state index contributed by atoms with van der Waals surface area (Å²) in [6, 6.07) is 12.3. The van der Waals surface area contributed by atoms with Crippen molar-refractivity contribution in [3.05, 3.63) is 70.5 Å². The minimum atomic E-state index is -1.07. The van der Waals surface area contributed by atoms with E-state index in [9.17, 15) is 14.3 Å². The third-order valence-corrected chi connectivity index (χ3v) is 7.43. The van der Waals surface area contributed by atoms with Crippen LogP contribution in [0.3, 0.4) is 0 Å². The second-order valence-electron chi connectivity index (χ2n) is 9.08. The number of nitrogens with one attached hydrogen (secondary N) is 1. The highest BCUT2D eigenvalue weighted by atomic mass is 35.5. The predicted octanol–water partition coefficient (Wildman–Crippen LogP) is 6.11. The number of fused-ring (bicyclic) bond motifs is 2. The minimum Gasteiger partial charge on any atom is -0.396 e. The van der Waals surface area contributed by atoms with Gasteiger partial charge >= 0.3 is 5.97 Å². The van der Waals surface area contributed by atoms with Gasteiger partial charge in [0, 0.05) is 28.3 Å². The van der Waals surface area contributed by atoms with Crippen LogP contribution in [0.4, 0.5) is 10.1 Å². The molecular formula is C25H26Cl2FNO3. The lowest BCUT2D eigenvalue weighted by atomic mass is 9.57. The molecule has 0 heterocycles. The van der Waals surface area contributed by atoms with E-state index in [1.165, 1.54) is 6.07 Å². The number of halogens is 3. The molecule has 3 unspecified atom stereocenters. The van der Waals surface area contributed by atoms with Gasteiger partial charge in [-0.15, -0.1) is 0 Å². The lowest BCUT2D eigenvalue weighted by molar-refractivity contribution is -0.141. The van der Waals surface area contributed by atoms with Gasteiger partial charge in [0.1, 0.15) is 23.2 Å². The Labute approximate surface area is 197 Å². The van der Waals surface area contributed by atoms with Gasteiger partial charge in [-0.2, -0.15) is 0 Å². The molecule has 170 valence electrons. The average molecular weight is 478 g/mol. The van der Waals surface area contributed by atoms with Crippen molar-refractivity contribution in [1.29, 1.82) is 0 Å². The van der Waals surface area contributed by atoms with Gasteiger partial charge in [0.15, 0.2) is 0 Å². The lowest BCUT2D eigenvalue weighted by Crippen LogP contribution is -2.55. The summed E-state index contributed by atoms with van der Waals surface area (Å²) in [5.41, 5.74) is 0.736. The van der Waals surface area contributed by atoms with E-state index in [-0.39, 0.29) is 24.3 Å². The van der Waals surface area contributed by atoms with Gasteiger partial charge in [-0.3, -0.25) is 0 Å². The summed E-state index contributed by atoms with van der Waals surface area (Å²) >= 11 is 11.7. The fraction of sp³-hybridized carbons (Fsp3) is 0.400. The quantitative estimate of drug-likeness (QED) is 0.526. The molecule has 4 nitrogen and oxygen atoms in total. The molecule has 2 aliphatic rings. The third kappa shape index (κ3) is 4.02. The Morgan fingerprint density at radius 3 is 2.81 bits per heavy atom. The van der Waals surface area contributed by atoms with Crippen molar-refractivity contribution < 1.29 is 18.6 Å². The molecule has 0 saturated heterocycles. The number of allylic oxidation sites excluding steroid dienone is 1. The summed E-state index contributed by atoms with van der Waals surface area (Å²) in [6.07, 6.45) is 6.03. The number of aliphatic hydroxyl groups excluding tert-OH is 1. The lowest BCUT2D eigenvalue weighted by Gasteiger charge is -2.49. The Morgan fingerprint density at radius 1 is 1.31 bits per heavy atom. The summed E-state index contributed by atoms with van der Waals surface area (Å²) in [6.45, 7) is 2.00. The van der Waals surface area contributed by atoms with Crippen LogP contribution < -0.4 is 5.32 Å². The van der Waals surface area contributed by atoms with Crippen LogP contribution in [0, 0.1) is 17.7 Å². The van der Waals surface area contributed by atoms with Crippen molar-refractivity contribution in [1.82, 2.24) is 0 Å². The first-order valence-electron chi connectivity index (χ1n) is 10.8. The molecule has 0 radical (unpaired) electrons. The number of hydrogen-bond donors (Lipinski definition) is 2. The SMILES string of the molecule is C[C@@H](CO)CC1CC(Nc2cccc(Cl)c2)(C(=O)OCl)CCC12C=Cc1c(F)cccc12. The first-order valence-corrected chi connectivity index (χ1v) is 11.5. The van der Waals surface area contributed by atoms with E-state index in [0.717, 1.165) is 5.56 Å². The monoisotopic (exact) mass is 477 g/mol. The molecular weight excluding hydrogens is 452 g/mol. The highest BCUT2D eigenvalue weighted by Crippen LogP contribution is 2.55. The molecule has 1 fully saturated rings. The van der Waals surface area contributed by atoms with Gasteiger partial charge in [0.2, 0.25) is 0 Å². The van der Waals surface area contributed by atoms with Gasteiger partial charge in [-0.05, 0) is 67.3 Å². The molecule has 2 aromatic carbocycles. The van der Waals surface area contributed by atoms with Crippen LogP contribution >= 0.6 is 23.5 Å². The molecule has 4 atom stereocenters. The number of benzene rings is 2. The largest absolute Gasteiger partial charge is 0.396 e. The first-order chi connectivity index (χ1) is 15.3. The van der Waals surface area contributed by atoms with Gasteiger partial charge < -0.3 is 14.7 Å². The van der Waals surface area contributed by atoms with Gasteiger partial charge in [-0.1, -0.05) is 48.9 Å². The summed E-state index contributed by atoms with van der Waals surface area (Å²) in [5, 5.41) is 13.7. The van der Waals surface area contributed by atoms with E-state index in [1.54, 1.807) is 24.3 Å². The second kappa shape index (κ2) is 9.05. The van der Waals surface area contributed by atoms with Crippen molar-refractivity contribution in [2.75, 3.05) is 11.9 Å². The summed E-state index contributed by atoms with van der Waals surface area (Å²) in [4.78, 5) is 13.0. The minimum absolute atomic E-state index is 0.0110. The standard InChI is InChI=1S/C25H26Cl2FNO3/c1-16(15-30)12-17-14-25(23(31)32-27,29-19-5-2-4-18(26)13-19)11-10-24(17)9-8-20-21(24)6-3-7-22(20)28/h2-9,13,16-17,29-30H,10-12,14-15H2,1H3/t16-,17?,24?,25?/m1/s1. The molecule has 0 amide bonds. The molecule has 0 aliphatic heterocycles. The van der Waals surface area contributed by atoms with Crippen molar-refractivity contribution in [3.63, 3.8) is 0 Å². The maximum atomic E-state index is 14.5. The highest BCUT2D eigenvalue weighted by molar-refractivity contribution is 6.30. The van der Waals surface area contributed by atoms with Crippen LogP contribution in [-0.4, -0.2) is 23.2 Å². The third-order valence-electron chi connectivity index (χ3n) is 7.06. The smallest absolute Gasteiger partial charge is 0.349 e. The topological polar surface area (TPSA) is 58.6 Å². The molecule has 2 aliphatic carbocycles. The number of rotatable bonds is 6. The fourth-order valence-corrected chi connectivity index (χ4v) is 5.80. The molecule has 32 heavy (non-hydrogen) atoms. The van der Waals surface area contributed by atoms with Crippen molar-refractivity contribution in [2.45, 2.75) is 43.6 Å². The van der Waals surface area contributed by atoms with Crippen LogP contribution in [-0.2, 0) is 14.5 Å². The molecule has 7 heteroatoms. The Bertz CT molecular complexity index is 1050. The van der Waals surface area contributed by atoms with Crippen LogP contribution in [0.25, 0.3) is 6.08 Å². The predicted molar refractivity (Wildman–Crippen MR) is 125 cm³/mol. The number of hydrogen-bond acceptors (Lipinski definition) is 4. The zero-order valence-corrected chi connectivity index (χ0v) is 19.3. The maximum absolute atomic E-state index is 14.5. The van der Waals surface area contributed by atoms with Crippen LogP contribution in [0.5, 0.6) is 0 Å². The normalized spacial score (nSPS) is 27.2. The van der Waals surface area contributed by atoms with E-state index >= 15 is 0 Å². The first kappa shape index (κ1) is 23.1. The second-order valence-corrected chi connectivity index (χ2v) is 9.67. The van der Waals surface area contributed by atoms with Crippen molar-refractivity contribution in [3.8, 4) is 0 Å². The summed E-state index contributed by atoms with van der Waals surface area (Å²) in [7, 11) is 0. The van der Waals surface area contributed by atoms with Crippen molar-refractivity contribution >= 4 is 41.2 Å². The number of aliphatic hydroxyl groups is 1. The Kier molecular flexibility index (Phi) is 6.53. The Morgan fingerprint density at radius 2 is 2.09 bits per heavy atom.